The summed E-state index contributed by atoms with van der Waals surface area (Å²) in [6, 6.07) is 10.5. The van der Waals surface area contributed by atoms with Crippen LogP contribution in [0.4, 0.5) is 5.69 Å². The number of amides is 2. The number of hydrogen-bond acceptors (Lipinski definition) is 5. The Morgan fingerprint density at radius 3 is 2.61 bits per heavy atom. The third-order valence-electron chi connectivity index (χ3n) is 3.77. The van der Waals surface area contributed by atoms with Gasteiger partial charge in [0.15, 0.2) is 11.5 Å². The van der Waals surface area contributed by atoms with E-state index in [2.05, 4.69) is 15.8 Å². The zero-order chi connectivity index (χ0) is 20.5. The molecule has 0 aliphatic heterocycles. The molecule has 0 aliphatic carbocycles. The van der Waals surface area contributed by atoms with E-state index in [-0.39, 0.29) is 0 Å². The number of ether oxygens (including phenoxy) is 2. The van der Waals surface area contributed by atoms with Crippen LogP contribution >= 0.6 is 11.6 Å². The molecule has 0 fully saturated rings. The molecule has 2 aromatic carbocycles. The SMILES string of the molecule is CCOc1c(Cl)cc(/C=N\NC(=O)C(=O)Nc2ccccc2CC)cc1OC. The zero-order valence-corrected chi connectivity index (χ0v) is 16.7. The lowest BCUT2D eigenvalue weighted by Gasteiger charge is -2.11. The molecule has 0 heterocycles. The number of hydrogen-bond donors (Lipinski definition) is 2. The van der Waals surface area contributed by atoms with E-state index in [0.717, 1.165) is 12.0 Å². The van der Waals surface area contributed by atoms with Crippen LogP contribution in [0.2, 0.25) is 5.02 Å². The van der Waals surface area contributed by atoms with Crippen LogP contribution in [-0.4, -0.2) is 31.7 Å². The van der Waals surface area contributed by atoms with Gasteiger partial charge in [0.05, 0.1) is 25.0 Å². The van der Waals surface area contributed by atoms with Crippen molar-refractivity contribution in [2.75, 3.05) is 19.0 Å². The third-order valence-corrected chi connectivity index (χ3v) is 4.05. The van der Waals surface area contributed by atoms with Gasteiger partial charge in [0.1, 0.15) is 0 Å². The highest BCUT2D eigenvalue weighted by atomic mass is 35.5. The number of carbonyl (C=O) groups excluding carboxylic acids is 2. The largest absolute Gasteiger partial charge is 0.493 e. The molecule has 28 heavy (non-hydrogen) atoms. The van der Waals surface area contributed by atoms with E-state index < -0.39 is 11.8 Å². The first kappa shape index (κ1) is 21.2. The summed E-state index contributed by atoms with van der Waals surface area (Å²) in [5, 5.41) is 6.72. The van der Waals surface area contributed by atoms with Crippen molar-refractivity contribution in [2.24, 2.45) is 5.10 Å². The van der Waals surface area contributed by atoms with Gasteiger partial charge in [-0.25, -0.2) is 5.43 Å². The molecule has 0 atom stereocenters. The van der Waals surface area contributed by atoms with Gasteiger partial charge in [-0.2, -0.15) is 5.10 Å². The summed E-state index contributed by atoms with van der Waals surface area (Å²) < 4.78 is 10.7. The van der Waals surface area contributed by atoms with Crippen LogP contribution in [0.3, 0.4) is 0 Å². The van der Waals surface area contributed by atoms with Crippen LogP contribution in [0.15, 0.2) is 41.5 Å². The van der Waals surface area contributed by atoms with Crippen molar-refractivity contribution in [3.8, 4) is 11.5 Å². The summed E-state index contributed by atoms with van der Waals surface area (Å²) in [6.45, 7) is 4.24. The fourth-order valence-electron chi connectivity index (χ4n) is 2.44. The predicted molar refractivity (Wildman–Crippen MR) is 109 cm³/mol. The van der Waals surface area contributed by atoms with Crippen molar-refractivity contribution in [3.63, 3.8) is 0 Å². The van der Waals surface area contributed by atoms with Crippen LogP contribution in [0, 0.1) is 0 Å². The summed E-state index contributed by atoms with van der Waals surface area (Å²) >= 11 is 6.18. The lowest BCUT2D eigenvalue weighted by atomic mass is 10.1. The number of benzene rings is 2. The van der Waals surface area contributed by atoms with Crippen molar-refractivity contribution in [1.29, 1.82) is 0 Å². The molecule has 0 saturated carbocycles. The van der Waals surface area contributed by atoms with Gasteiger partial charge in [0.25, 0.3) is 0 Å². The Morgan fingerprint density at radius 1 is 1.18 bits per heavy atom. The van der Waals surface area contributed by atoms with Gasteiger partial charge in [0, 0.05) is 5.69 Å². The first-order valence-electron chi connectivity index (χ1n) is 8.72. The molecule has 8 heteroatoms. The molecule has 0 aromatic heterocycles. The van der Waals surface area contributed by atoms with E-state index in [4.69, 9.17) is 21.1 Å². The summed E-state index contributed by atoms with van der Waals surface area (Å²) in [5.41, 5.74) is 4.29. The van der Waals surface area contributed by atoms with E-state index in [1.165, 1.54) is 13.3 Å². The van der Waals surface area contributed by atoms with Gasteiger partial charge >= 0.3 is 11.8 Å². The first-order valence-corrected chi connectivity index (χ1v) is 9.10. The number of anilines is 1. The standard InChI is InChI=1S/C20H22ClN3O4/c1-4-14-8-6-7-9-16(14)23-19(25)20(26)24-22-12-13-10-15(21)18(28-5-2)17(11-13)27-3/h6-12H,4-5H2,1-3H3,(H,23,25)(H,24,26)/b22-12-. The quantitative estimate of drug-likeness (QED) is 0.421. The van der Waals surface area contributed by atoms with E-state index in [1.54, 1.807) is 24.3 Å². The van der Waals surface area contributed by atoms with Crippen LogP contribution in [-0.2, 0) is 16.0 Å². The molecule has 7 nitrogen and oxygen atoms in total. The van der Waals surface area contributed by atoms with Gasteiger partial charge in [-0.05, 0) is 42.7 Å². The van der Waals surface area contributed by atoms with Crippen LogP contribution in [0.25, 0.3) is 0 Å². The Hall–Kier alpha value is -3.06. The summed E-state index contributed by atoms with van der Waals surface area (Å²) in [7, 11) is 1.50. The van der Waals surface area contributed by atoms with Gasteiger partial charge < -0.3 is 14.8 Å². The van der Waals surface area contributed by atoms with Gasteiger partial charge in [0.2, 0.25) is 0 Å². The van der Waals surface area contributed by atoms with E-state index in [9.17, 15) is 9.59 Å². The first-order chi connectivity index (χ1) is 13.5. The normalized spacial score (nSPS) is 10.6. The lowest BCUT2D eigenvalue weighted by Crippen LogP contribution is -2.32. The van der Waals surface area contributed by atoms with Crippen molar-refractivity contribution >= 4 is 35.3 Å². The van der Waals surface area contributed by atoms with Gasteiger partial charge in [-0.15, -0.1) is 0 Å². The highest BCUT2D eigenvalue weighted by molar-refractivity contribution is 6.39. The molecule has 2 N–H and O–H groups in total. The molecule has 2 rings (SSSR count). The summed E-state index contributed by atoms with van der Waals surface area (Å²) in [5.74, 6) is -0.815. The Labute approximate surface area is 168 Å². The third kappa shape index (κ3) is 5.47. The molecular formula is C20H22ClN3O4. The number of rotatable bonds is 7. The fourth-order valence-corrected chi connectivity index (χ4v) is 2.72. The molecule has 2 amide bonds. The van der Waals surface area contributed by atoms with E-state index >= 15 is 0 Å². The van der Waals surface area contributed by atoms with Crippen LogP contribution < -0.4 is 20.2 Å². The smallest absolute Gasteiger partial charge is 0.329 e. The number of nitrogens with zero attached hydrogens (tertiary/aromatic N) is 1. The van der Waals surface area contributed by atoms with Crippen LogP contribution in [0.5, 0.6) is 11.5 Å². The number of hydrazone groups is 1. The molecule has 0 bridgehead atoms. The number of methoxy groups -OCH3 is 1. The molecule has 2 aromatic rings. The monoisotopic (exact) mass is 403 g/mol. The number of aryl methyl sites for hydroxylation is 1. The summed E-state index contributed by atoms with van der Waals surface area (Å²) in [4.78, 5) is 24.0. The van der Waals surface area contributed by atoms with Crippen molar-refractivity contribution in [1.82, 2.24) is 5.43 Å². The lowest BCUT2D eigenvalue weighted by molar-refractivity contribution is -0.136. The minimum atomic E-state index is -0.883. The molecule has 148 valence electrons. The van der Waals surface area contributed by atoms with Crippen molar-refractivity contribution in [2.45, 2.75) is 20.3 Å². The van der Waals surface area contributed by atoms with Gasteiger partial charge in [-0.3, -0.25) is 9.59 Å². The van der Waals surface area contributed by atoms with Crippen molar-refractivity contribution in [3.05, 3.63) is 52.5 Å². The Balaban J connectivity index is 2.03. The maximum atomic E-state index is 12.0. The van der Waals surface area contributed by atoms with Crippen LogP contribution in [0.1, 0.15) is 25.0 Å². The highest BCUT2D eigenvalue weighted by Crippen LogP contribution is 2.35. The number of para-hydroxylation sites is 1. The fraction of sp³-hybridized carbons (Fsp3) is 0.250. The Morgan fingerprint density at radius 2 is 1.93 bits per heavy atom. The number of halogens is 1. The molecule has 0 aliphatic rings. The second-order valence-electron chi connectivity index (χ2n) is 5.63. The summed E-state index contributed by atoms with van der Waals surface area (Å²) in [6.07, 6.45) is 2.09. The minimum absolute atomic E-state index is 0.350. The second kappa shape index (κ2) is 10.3. The number of carbonyl (C=O) groups is 2. The van der Waals surface area contributed by atoms with Gasteiger partial charge in [-0.1, -0.05) is 36.7 Å². The number of nitrogens with one attached hydrogen (secondary N) is 2. The predicted octanol–water partition coefficient (Wildman–Crippen LogP) is 3.40. The topological polar surface area (TPSA) is 89.0 Å². The highest BCUT2D eigenvalue weighted by Gasteiger charge is 2.14. The van der Waals surface area contributed by atoms with E-state index in [1.807, 2.05) is 26.0 Å². The molecule has 0 spiro atoms. The van der Waals surface area contributed by atoms with E-state index in [0.29, 0.717) is 34.4 Å². The average Bonchev–Trinajstić information content (AvgIpc) is 2.70. The molecule has 0 saturated heterocycles. The van der Waals surface area contributed by atoms with Crippen molar-refractivity contribution < 1.29 is 19.1 Å². The molecule has 0 radical (unpaired) electrons. The Bertz CT molecular complexity index is 884. The molecular weight excluding hydrogens is 382 g/mol. The zero-order valence-electron chi connectivity index (χ0n) is 15.9. The average molecular weight is 404 g/mol. The second-order valence-corrected chi connectivity index (χ2v) is 6.04. The maximum Gasteiger partial charge on any atom is 0.329 e. The maximum absolute atomic E-state index is 12.0. The minimum Gasteiger partial charge on any atom is -0.493 e. The Kier molecular flexibility index (Phi) is 7.83. The molecule has 0 unspecified atom stereocenters.